The second kappa shape index (κ2) is 12.7. The number of hydrogen-bond acceptors (Lipinski definition) is 9. The highest BCUT2D eigenvalue weighted by Gasteiger charge is 2.30. The molecule has 0 atom stereocenters. The monoisotopic (exact) mass is 572 g/mol. The second-order valence-corrected chi connectivity index (χ2v) is 11.2. The Kier molecular flexibility index (Phi) is 9.25. The van der Waals surface area contributed by atoms with Crippen LogP contribution in [0, 0.1) is 5.92 Å². The number of carbonyl (C=O) groups excluding carboxylic acids is 3. The number of aryl methyl sites for hydroxylation is 1. The van der Waals surface area contributed by atoms with E-state index in [1.54, 1.807) is 50.4 Å². The van der Waals surface area contributed by atoms with Crippen LogP contribution in [0.25, 0.3) is 11.3 Å². The molecule has 3 aromatic rings. The van der Waals surface area contributed by atoms with E-state index in [1.807, 2.05) is 29.6 Å². The minimum absolute atomic E-state index is 0.0289. The first-order chi connectivity index (χ1) is 19.9. The predicted octanol–water partition coefficient (Wildman–Crippen LogP) is -1.06. The molecule has 42 heavy (non-hydrogen) atoms. The summed E-state index contributed by atoms with van der Waals surface area (Å²) in [4.78, 5) is 40.1. The number of rotatable bonds is 12. The van der Waals surface area contributed by atoms with Gasteiger partial charge in [-0.1, -0.05) is 6.07 Å². The van der Waals surface area contributed by atoms with Gasteiger partial charge in [-0.3, -0.25) is 19.1 Å². The number of para-hydroxylation sites is 1. The van der Waals surface area contributed by atoms with Crippen LogP contribution < -0.4 is 20.7 Å². The lowest BCUT2D eigenvalue weighted by Gasteiger charge is -2.22. The molecule has 0 aliphatic heterocycles. The van der Waals surface area contributed by atoms with Gasteiger partial charge in [0.05, 0.1) is 30.8 Å². The first-order valence-electron chi connectivity index (χ1n) is 13.7. The third kappa shape index (κ3) is 7.30. The van der Waals surface area contributed by atoms with Crippen molar-refractivity contribution in [1.29, 1.82) is 0 Å². The number of hydrogen-bond donors (Lipinski definition) is 3. The Morgan fingerprint density at radius 1 is 1.12 bits per heavy atom. The van der Waals surface area contributed by atoms with E-state index >= 15 is 0 Å². The third-order valence-corrected chi connectivity index (χ3v) is 6.54. The molecule has 3 amide bonds. The number of anilines is 3. The average molecular weight is 572 g/mol. The van der Waals surface area contributed by atoms with E-state index in [0.717, 1.165) is 12.8 Å². The van der Waals surface area contributed by atoms with Crippen molar-refractivity contribution in [2.24, 2.45) is 13.0 Å². The summed E-state index contributed by atoms with van der Waals surface area (Å²) >= 11 is 0. The fraction of sp³-hybridized carbons (Fsp3) is 0.385. The Morgan fingerprint density at radius 3 is 2.50 bits per heavy atom. The number of amides is 3. The SMILES string of the molecule is BC(B)(B)NC(=O)c1nnc(NC(=O)C2CC2)cc1Nc1cccc(-c2cc(C(=O)N(C)CCOC)n(C)n2)c1OC. The fourth-order valence-corrected chi connectivity index (χ4v) is 4.22. The number of nitrogens with one attached hydrogen (secondary N) is 3. The summed E-state index contributed by atoms with van der Waals surface area (Å²) in [6, 6.07) is 8.69. The fourth-order valence-electron chi connectivity index (χ4n) is 4.22. The molecule has 1 aliphatic carbocycles. The standard InChI is InChI=1S/C26H35B3N8O5/c1-36(10-11-41-3)25(40)19-12-17(35-37(19)2)15-6-5-7-16(22(15)42-4)30-18-13-20(31-23(38)14-8-9-14)33-34-21(18)24(39)32-26(27,28)29/h5-7,12-14H,8-11,27-29H2,1-4H3,(H,32,39)(H2,30,31,33,38). The quantitative estimate of drug-likeness (QED) is 0.231. The molecule has 0 spiro atoms. The van der Waals surface area contributed by atoms with Crippen LogP contribution in [-0.4, -0.2) is 106 Å². The third-order valence-electron chi connectivity index (χ3n) is 6.54. The zero-order chi connectivity index (χ0) is 30.6. The van der Waals surface area contributed by atoms with Crippen molar-refractivity contribution in [1.82, 2.24) is 30.2 Å². The van der Waals surface area contributed by atoms with Gasteiger partial charge in [-0.15, -0.1) is 10.2 Å². The normalized spacial score (nSPS) is 12.9. The maximum atomic E-state index is 13.2. The molecule has 0 saturated heterocycles. The van der Waals surface area contributed by atoms with Crippen molar-refractivity contribution in [2.45, 2.75) is 18.1 Å². The molecule has 218 valence electrons. The lowest BCUT2D eigenvalue weighted by molar-refractivity contribution is -0.117. The average Bonchev–Trinajstić information content (AvgIpc) is 3.72. The molecule has 3 N–H and O–H groups in total. The van der Waals surface area contributed by atoms with Crippen LogP contribution in [0.5, 0.6) is 5.75 Å². The molecule has 0 bridgehead atoms. The Labute approximate surface area is 247 Å². The van der Waals surface area contributed by atoms with Crippen molar-refractivity contribution < 1.29 is 23.9 Å². The Hall–Kier alpha value is -4.33. The maximum absolute atomic E-state index is 13.2. The van der Waals surface area contributed by atoms with Crippen LogP contribution in [0.15, 0.2) is 30.3 Å². The van der Waals surface area contributed by atoms with Crippen LogP contribution >= 0.6 is 0 Å². The number of nitrogens with zero attached hydrogens (tertiary/aromatic N) is 5. The van der Waals surface area contributed by atoms with Gasteiger partial charge in [0.2, 0.25) is 5.91 Å². The van der Waals surface area contributed by atoms with Gasteiger partial charge in [0.25, 0.3) is 11.8 Å². The van der Waals surface area contributed by atoms with Gasteiger partial charge in [-0.2, -0.15) is 5.10 Å². The van der Waals surface area contributed by atoms with E-state index in [9.17, 15) is 14.4 Å². The maximum Gasteiger partial charge on any atom is 0.272 e. The molecule has 16 heteroatoms. The van der Waals surface area contributed by atoms with Crippen molar-refractivity contribution >= 4 is 58.5 Å². The predicted molar refractivity (Wildman–Crippen MR) is 167 cm³/mol. The molecular weight excluding hydrogens is 537 g/mol. The van der Waals surface area contributed by atoms with Crippen molar-refractivity contribution in [3.63, 3.8) is 0 Å². The summed E-state index contributed by atoms with van der Waals surface area (Å²) in [5, 5.41) is 21.2. The van der Waals surface area contributed by atoms with Gasteiger partial charge < -0.3 is 30.3 Å². The number of ether oxygens (including phenoxy) is 2. The second-order valence-electron chi connectivity index (χ2n) is 11.2. The van der Waals surface area contributed by atoms with Crippen molar-refractivity contribution in [3.8, 4) is 17.0 Å². The first kappa shape index (κ1) is 30.6. The van der Waals surface area contributed by atoms with Crippen LogP contribution in [0.2, 0.25) is 0 Å². The lowest BCUT2D eigenvalue weighted by Crippen LogP contribution is -2.50. The highest BCUT2D eigenvalue weighted by atomic mass is 16.5. The summed E-state index contributed by atoms with van der Waals surface area (Å²) in [5.41, 5.74) is 2.44. The van der Waals surface area contributed by atoms with E-state index in [4.69, 9.17) is 9.47 Å². The number of carbonyl (C=O) groups is 3. The molecular formula is C26H35B3N8O5. The van der Waals surface area contributed by atoms with Gasteiger partial charge in [0.1, 0.15) is 29.2 Å². The van der Waals surface area contributed by atoms with Gasteiger partial charge in [-0.25, -0.2) is 0 Å². The summed E-state index contributed by atoms with van der Waals surface area (Å²) in [7, 11) is 12.1. The number of methoxy groups -OCH3 is 2. The van der Waals surface area contributed by atoms with E-state index in [0.29, 0.717) is 47.2 Å². The number of benzene rings is 1. The van der Waals surface area contributed by atoms with Crippen LogP contribution in [0.4, 0.5) is 17.2 Å². The van der Waals surface area contributed by atoms with Crippen LogP contribution in [-0.2, 0) is 16.6 Å². The summed E-state index contributed by atoms with van der Waals surface area (Å²) in [5.74, 6) is -0.126. The Balaban J connectivity index is 1.70. The molecule has 0 radical (unpaired) electrons. The molecule has 1 fully saturated rings. The largest absolute Gasteiger partial charge is 0.494 e. The summed E-state index contributed by atoms with van der Waals surface area (Å²) < 4.78 is 12.4. The van der Waals surface area contributed by atoms with Gasteiger partial charge in [0, 0.05) is 45.3 Å². The molecule has 4 rings (SSSR count). The zero-order valence-corrected chi connectivity index (χ0v) is 25.1. The van der Waals surface area contributed by atoms with Crippen molar-refractivity contribution in [2.75, 3.05) is 45.1 Å². The molecule has 2 heterocycles. The van der Waals surface area contributed by atoms with Gasteiger partial charge >= 0.3 is 0 Å². The lowest BCUT2D eigenvalue weighted by atomic mass is 9.49. The van der Waals surface area contributed by atoms with Crippen LogP contribution in [0.1, 0.15) is 33.8 Å². The smallest absolute Gasteiger partial charge is 0.272 e. The van der Waals surface area contributed by atoms with Crippen molar-refractivity contribution in [3.05, 3.63) is 41.7 Å². The Morgan fingerprint density at radius 2 is 1.86 bits per heavy atom. The number of likely N-dealkylation sites (N-methyl/N-ethyl adjacent to an activating group) is 1. The first-order valence-corrected chi connectivity index (χ1v) is 13.7. The Bertz CT molecular complexity index is 1490. The van der Waals surface area contributed by atoms with E-state index in [1.165, 1.54) is 11.8 Å². The van der Waals surface area contributed by atoms with E-state index < -0.39 is 11.1 Å². The molecule has 1 aliphatic rings. The minimum atomic E-state index is -0.516. The van der Waals surface area contributed by atoms with Crippen LogP contribution in [0.3, 0.4) is 0 Å². The zero-order valence-electron chi connectivity index (χ0n) is 25.1. The van der Waals surface area contributed by atoms with Gasteiger partial charge in [0.15, 0.2) is 17.3 Å². The molecule has 0 unspecified atom stereocenters. The summed E-state index contributed by atoms with van der Waals surface area (Å²) in [6.07, 6.45) is 1.68. The van der Waals surface area contributed by atoms with E-state index in [2.05, 4.69) is 31.2 Å². The molecule has 2 aromatic heterocycles. The summed E-state index contributed by atoms with van der Waals surface area (Å²) in [6.45, 7) is 0.854. The topological polar surface area (TPSA) is 153 Å². The van der Waals surface area contributed by atoms with E-state index in [-0.39, 0.29) is 29.2 Å². The molecule has 1 saturated carbocycles. The minimum Gasteiger partial charge on any atom is -0.494 e. The highest BCUT2D eigenvalue weighted by Crippen LogP contribution is 2.38. The molecule has 13 nitrogen and oxygen atoms in total. The molecule has 1 aromatic carbocycles. The highest BCUT2D eigenvalue weighted by molar-refractivity contribution is 6.60. The number of aromatic nitrogens is 4. The van der Waals surface area contributed by atoms with Gasteiger partial charge in [-0.05, 0) is 36.3 Å².